The fourth-order valence-corrected chi connectivity index (χ4v) is 21.0. The van der Waals surface area contributed by atoms with Crippen LogP contribution in [0, 0.1) is 35.5 Å². The second-order valence-electron chi connectivity index (χ2n) is 20.6. The van der Waals surface area contributed by atoms with Crippen LogP contribution in [0.15, 0.2) is 159 Å². The van der Waals surface area contributed by atoms with Gasteiger partial charge in [0.1, 0.15) is 18.3 Å². The Labute approximate surface area is 526 Å². The van der Waals surface area contributed by atoms with Gasteiger partial charge in [-0.2, -0.15) is 0 Å². The molecule has 0 radical (unpaired) electrons. The molecule has 0 heterocycles. The summed E-state index contributed by atoms with van der Waals surface area (Å²) in [5.74, 6) is 1.79. The van der Waals surface area contributed by atoms with E-state index in [-0.39, 0.29) is 41.8 Å². The summed E-state index contributed by atoms with van der Waals surface area (Å²) in [4.78, 5) is 16.8. The summed E-state index contributed by atoms with van der Waals surface area (Å²) in [6.07, 6.45) is 4.84. The maximum absolute atomic E-state index is 12.0. The van der Waals surface area contributed by atoms with Crippen LogP contribution in [0.4, 0.5) is 0 Å². The molecule has 0 saturated heterocycles. The average molecular weight is 1470 g/mol. The molecule has 0 bridgehead atoms. The van der Waals surface area contributed by atoms with Crippen molar-refractivity contribution in [3.63, 3.8) is 0 Å². The predicted octanol–water partition coefficient (Wildman–Crippen LogP) is 14.1. The molecular weight excluding hydrogens is 1380 g/mol. The molecule has 448 valence electrons. The number of allylic oxidation sites excluding steroid dienone is 2. The van der Waals surface area contributed by atoms with Crippen LogP contribution in [0.3, 0.4) is 0 Å². The van der Waals surface area contributed by atoms with Crippen molar-refractivity contribution in [1.82, 2.24) is 5.06 Å². The number of ether oxygens (including phenoxy) is 8. The number of benzene rings is 5. The number of carbonyl (C=O) groups is 1. The van der Waals surface area contributed by atoms with E-state index in [1.807, 2.05) is 55.5 Å². The summed E-state index contributed by atoms with van der Waals surface area (Å²) in [7, 11) is 9.57. The first kappa shape index (κ1) is 72.2. The van der Waals surface area contributed by atoms with Gasteiger partial charge in [-0.15, -0.1) is 0 Å². The van der Waals surface area contributed by atoms with Crippen LogP contribution in [0.25, 0.3) is 0 Å². The molecule has 0 aromatic heterocycles. The van der Waals surface area contributed by atoms with E-state index >= 15 is 0 Å². The normalized spacial score (nSPS) is 15.8. The number of nitrogens with zero attached hydrogens (tertiary/aromatic N) is 1. The first-order valence-corrected chi connectivity index (χ1v) is 34.7. The molecule has 0 unspecified atom stereocenters. The molecule has 9 atom stereocenters. The molecule has 0 spiro atoms. The molecule has 5 rings (SSSR count). The first-order valence-electron chi connectivity index (χ1n) is 27.4. The minimum Gasteiger partial charge on any atom is -0.497 e. The van der Waals surface area contributed by atoms with E-state index in [1.165, 1.54) is 37.2 Å². The van der Waals surface area contributed by atoms with Crippen molar-refractivity contribution in [3.05, 3.63) is 170 Å². The third-order valence-corrected chi connectivity index (χ3v) is 26.4. The number of aliphatic hydroxyl groups excluding tert-OH is 1. The van der Waals surface area contributed by atoms with E-state index in [4.69, 9.17) is 42.7 Å². The van der Waals surface area contributed by atoms with E-state index in [1.54, 1.807) is 35.4 Å². The van der Waals surface area contributed by atoms with Crippen LogP contribution in [0.5, 0.6) is 11.5 Å². The molecule has 5 aromatic rings. The van der Waals surface area contributed by atoms with Crippen LogP contribution in [-0.2, 0) is 51.3 Å². The van der Waals surface area contributed by atoms with Gasteiger partial charge in [-0.1, -0.05) is 58.0 Å². The third-order valence-electron chi connectivity index (χ3n) is 14.1. The van der Waals surface area contributed by atoms with Gasteiger partial charge in [-0.05, 0) is 68.5 Å². The first-order chi connectivity index (χ1) is 38.7. The number of methoxy groups -OCH3 is 4. The van der Waals surface area contributed by atoms with Gasteiger partial charge in [0, 0.05) is 31.9 Å². The fraction of sp³-hybridized carbons (Fsp3) is 0.462. The number of hydrogen-bond donors (Lipinski definition) is 1. The minimum atomic E-state index is -2.87. The largest absolute Gasteiger partial charge is 0.497 e. The van der Waals surface area contributed by atoms with Gasteiger partial charge in [0.15, 0.2) is 0 Å². The molecule has 0 aliphatic heterocycles. The van der Waals surface area contributed by atoms with Crippen molar-refractivity contribution in [2.45, 2.75) is 86.9 Å². The summed E-state index contributed by atoms with van der Waals surface area (Å²) in [6.45, 7) is 19.3. The molecule has 0 aliphatic carbocycles. The van der Waals surface area contributed by atoms with E-state index < -0.39 is 16.3 Å². The summed E-state index contributed by atoms with van der Waals surface area (Å²) < 4.78 is 44.1. The Morgan fingerprint density at radius 2 is 0.914 bits per heavy atom. The average Bonchev–Trinajstić information content (AvgIpc) is 3.66. The molecule has 0 saturated carbocycles. The summed E-state index contributed by atoms with van der Waals surface area (Å²) in [5, 5.41) is 15.6. The van der Waals surface area contributed by atoms with E-state index in [0.717, 1.165) is 33.9 Å². The fourth-order valence-electron chi connectivity index (χ4n) is 9.88. The van der Waals surface area contributed by atoms with Crippen molar-refractivity contribution in [2.75, 3.05) is 75.6 Å². The number of halogens is 3. The smallest absolute Gasteiger partial charge is 0.251 e. The van der Waals surface area contributed by atoms with Gasteiger partial charge in [0.05, 0.1) is 65.9 Å². The predicted molar refractivity (Wildman–Crippen MR) is 359 cm³/mol. The van der Waals surface area contributed by atoms with Gasteiger partial charge in [-0.3, -0.25) is 9.63 Å². The summed E-state index contributed by atoms with van der Waals surface area (Å²) in [5.41, 5.74) is 2.16. The Morgan fingerprint density at radius 1 is 0.556 bits per heavy atom. The molecule has 0 fully saturated rings. The molecule has 1 N–H and O–H groups in total. The van der Waals surface area contributed by atoms with Crippen molar-refractivity contribution >= 4 is 93.3 Å². The van der Waals surface area contributed by atoms with E-state index in [2.05, 4.69) is 212 Å². The van der Waals surface area contributed by atoms with Gasteiger partial charge in [0.2, 0.25) is 0 Å². The zero-order valence-electron chi connectivity index (χ0n) is 50.1. The molecule has 1 amide bonds. The number of rotatable bonds is 31. The molecule has 12 nitrogen and oxygen atoms in total. The van der Waals surface area contributed by atoms with E-state index in [0.29, 0.717) is 45.9 Å². The van der Waals surface area contributed by atoms with Gasteiger partial charge < -0.3 is 33.5 Å². The summed E-state index contributed by atoms with van der Waals surface area (Å²) in [6, 6.07) is 48.9. The van der Waals surface area contributed by atoms with Crippen LogP contribution in [0.1, 0.15) is 66.5 Å². The Morgan fingerprint density at radius 3 is 1.25 bits per heavy atom. The minimum absolute atomic E-state index is 0.0390. The van der Waals surface area contributed by atoms with Crippen molar-refractivity contribution in [1.29, 1.82) is 0 Å². The maximum Gasteiger partial charge on any atom is 0.251 e. The monoisotopic (exact) mass is 1470 g/mol. The number of carbonyl (C=O) groups excluding carboxylic acids is 1. The number of hydrogen-bond acceptors (Lipinski definition) is 11. The van der Waals surface area contributed by atoms with Crippen molar-refractivity contribution in [2.24, 2.45) is 35.5 Å². The standard InChI is InChI=1S/C29H35I2O2P.C19H29IO4.C17H27NO5/c1-23(20-25(3)30)29(33-22-32-4)24(2)21-34(31,26-14-8-5-9-15-26,27-16-10-6-11-17-27)28-18-12-7-13-19-28;1-14(10-16(3)20)19(24-13-21-4)15(2)11-23-12-17-6-8-18(22-5)9-7-17;1-12(16(19)13(2)17(20)18(3)22-5)10-23-11-14-6-8-15(21-4)9-7-14/h5-20,23-24,29H,21-22H2,1-4H3;6-10,14-15,19H,11-13H2,1-5H3;6-9,12-13,16,19H,10-11H2,1-5H3/b25-20-;16-10-;/t23-,24-,29+;14-,15-,19+;12-,13+,16-/m000/s1. The number of hydroxylamine groups is 2. The van der Waals surface area contributed by atoms with Crippen LogP contribution < -0.4 is 25.4 Å². The van der Waals surface area contributed by atoms with Crippen LogP contribution in [0.2, 0.25) is 0 Å². The number of amides is 1. The molecule has 16 heteroatoms. The maximum atomic E-state index is 12.0. The van der Waals surface area contributed by atoms with Crippen molar-refractivity contribution < 1.29 is 52.6 Å². The van der Waals surface area contributed by atoms with Crippen LogP contribution in [-0.4, -0.2) is 110 Å². The van der Waals surface area contributed by atoms with Crippen molar-refractivity contribution in [3.8, 4) is 11.5 Å². The van der Waals surface area contributed by atoms with Gasteiger partial charge in [0.25, 0.3) is 5.91 Å². The Balaban J connectivity index is 0.000000329. The molecular formula is C65H91I3NO11P. The quantitative estimate of drug-likeness (QED) is 0.0197. The molecule has 81 heavy (non-hydrogen) atoms. The second kappa shape index (κ2) is 38.1. The van der Waals surface area contributed by atoms with E-state index in [9.17, 15) is 9.90 Å². The Bertz CT molecular complexity index is 2460. The van der Waals surface area contributed by atoms with Gasteiger partial charge >= 0.3 is 234 Å². The molecule has 5 aromatic carbocycles. The zero-order valence-corrected chi connectivity index (χ0v) is 57.5. The Hall–Kier alpha value is -3.05. The zero-order chi connectivity index (χ0) is 60.0. The van der Waals surface area contributed by atoms with Gasteiger partial charge in [-0.25, -0.2) is 5.06 Å². The third kappa shape index (κ3) is 23.0. The Kier molecular flexibility index (Phi) is 34.0. The molecule has 0 aliphatic rings. The summed E-state index contributed by atoms with van der Waals surface area (Å²) >= 11 is 7.59. The number of aliphatic hydroxyl groups is 1. The van der Waals surface area contributed by atoms with Crippen LogP contribution >= 0.6 is 71.5 Å². The topological polar surface area (TPSA) is 124 Å². The second-order valence-corrected chi connectivity index (χ2v) is 34.7. The SMILES string of the molecule is COCO[C@H]([C@@H](C)/C=C(/C)I)[C@@H](C)COCc1ccc(OC)cc1.COCO[C@H]([C@@H](C)/C=C(/C)I)[C@@H](C)CP(I)(c1ccccc1)(c1ccccc1)c1ccccc1.COc1ccc(COC[C@H](C)[C@H](O)[C@@H](C)C(=O)N(C)OC)cc1.